The molecule has 5 aliphatic rings. The fourth-order valence-corrected chi connectivity index (χ4v) is 8.12. The summed E-state index contributed by atoms with van der Waals surface area (Å²) in [5.74, 6) is 0.824. The predicted molar refractivity (Wildman–Crippen MR) is 117 cm³/mol. The number of piperidine rings is 1. The van der Waals surface area contributed by atoms with Gasteiger partial charge < -0.3 is 24.4 Å². The monoisotopic (exact) mass is 414 g/mol. The Hall–Kier alpha value is -2.50. The number of aromatic hydroxyl groups is 1. The van der Waals surface area contributed by atoms with E-state index in [1.807, 2.05) is 0 Å². The molecule has 158 valence electrons. The van der Waals surface area contributed by atoms with E-state index in [0.29, 0.717) is 12.2 Å². The van der Waals surface area contributed by atoms with Gasteiger partial charge in [-0.15, -0.1) is 0 Å². The van der Waals surface area contributed by atoms with E-state index in [1.165, 1.54) is 33.3 Å². The number of aliphatic hydroxyl groups is 1. The summed E-state index contributed by atoms with van der Waals surface area (Å²) in [5, 5.41) is 24.7. The molecule has 3 aliphatic heterocycles. The van der Waals surface area contributed by atoms with Crippen LogP contribution >= 0.6 is 0 Å². The fourth-order valence-electron chi connectivity index (χ4n) is 8.12. The fraction of sp³-hybridized carbons (Fsp3) is 0.462. The molecule has 4 atom stereocenters. The lowest BCUT2D eigenvalue weighted by Crippen LogP contribution is -2.74. The van der Waals surface area contributed by atoms with Crippen molar-refractivity contribution in [3.05, 3.63) is 58.3 Å². The number of rotatable bonds is 0. The summed E-state index contributed by atoms with van der Waals surface area (Å²) in [5.41, 5.74) is 6.17. The second-order valence-electron chi connectivity index (χ2n) is 10.4. The number of para-hydroxylation sites is 1. The van der Waals surface area contributed by atoms with Crippen LogP contribution in [0.5, 0.6) is 11.5 Å². The summed E-state index contributed by atoms with van der Waals surface area (Å²) in [4.78, 5) is 2.35. The summed E-state index contributed by atoms with van der Waals surface area (Å²) in [6.45, 7) is 1.93. The molecule has 2 bridgehead atoms. The molecular formula is C26H26N2O3. The Bertz CT molecular complexity index is 1330. The Kier molecular flexibility index (Phi) is 2.82. The second-order valence-corrected chi connectivity index (χ2v) is 10.4. The normalized spacial score (nSPS) is 34.4. The topological polar surface area (TPSA) is 57.9 Å². The summed E-state index contributed by atoms with van der Waals surface area (Å²) >= 11 is 0. The number of ether oxygens (including phenoxy) is 1. The lowest BCUT2D eigenvalue weighted by molar-refractivity contribution is -0.168. The molecule has 2 aliphatic carbocycles. The van der Waals surface area contributed by atoms with Crippen LogP contribution in [0.4, 0.5) is 0 Å². The number of hydrogen-bond donors (Lipinski definition) is 2. The number of benzene rings is 2. The van der Waals surface area contributed by atoms with Gasteiger partial charge in [0.15, 0.2) is 17.6 Å². The number of fused-ring (bicyclic) bond motifs is 4. The Balaban J connectivity index is 1.53. The Morgan fingerprint density at radius 1 is 1.13 bits per heavy atom. The van der Waals surface area contributed by atoms with Gasteiger partial charge in [-0.1, -0.05) is 24.3 Å². The number of aryl methyl sites for hydroxylation is 2. The number of phenolic OH excluding ortho intramolecular Hbond substituents is 1. The van der Waals surface area contributed by atoms with Gasteiger partial charge in [0.05, 0.1) is 22.2 Å². The maximum Gasteiger partial charge on any atom is 0.166 e. The molecule has 2 N–H and O–H groups in total. The van der Waals surface area contributed by atoms with Crippen molar-refractivity contribution in [3.8, 4) is 11.5 Å². The average molecular weight is 415 g/mol. The molecule has 1 saturated heterocycles. The number of aromatic nitrogens is 1. The van der Waals surface area contributed by atoms with Crippen LogP contribution in [0.25, 0.3) is 10.9 Å². The van der Waals surface area contributed by atoms with E-state index >= 15 is 0 Å². The molecule has 5 nitrogen and oxygen atoms in total. The minimum absolute atomic E-state index is 0.0511. The standard InChI is InChI=1S/C26H26N2O3/c1-27-11-9-25-20-15-7-8-18(29)23(20)31-24(25)22-17(13-26(25,30)19(27)12-15)16-6-2-4-14-5-3-10-28(22)21(14)16/h2,4,6-8,19,24,29-30H,3,5,9-13H2,1H3/t19-,24?,25?,26?/m1/s1. The quantitative estimate of drug-likeness (QED) is 0.593. The van der Waals surface area contributed by atoms with Gasteiger partial charge in [0.25, 0.3) is 0 Å². The first-order valence-electron chi connectivity index (χ1n) is 11.6. The van der Waals surface area contributed by atoms with Crippen LogP contribution in [0.2, 0.25) is 0 Å². The van der Waals surface area contributed by atoms with Crippen molar-refractivity contribution in [2.24, 2.45) is 0 Å². The smallest absolute Gasteiger partial charge is 0.166 e. The van der Waals surface area contributed by atoms with Crippen LogP contribution in [0.15, 0.2) is 30.3 Å². The van der Waals surface area contributed by atoms with E-state index < -0.39 is 11.0 Å². The van der Waals surface area contributed by atoms with Crippen molar-refractivity contribution in [2.75, 3.05) is 13.6 Å². The molecule has 1 fully saturated rings. The van der Waals surface area contributed by atoms with Crippen LogP contribution in [-0.2, 0) is 31.2 Å². The highest BCUT2D eigenvalue weighted by atomic mass is 16.5. The first-order valence-corrected chi connectivity index (χ1v) is 11.6. The van der Waals surface area contributed by atoms with E-state index in [1.54, 1.807) is 6.07 Å². The number of likely N-dealkylation sites (N-methyl/N-ethyl adjacent to an activating group) is 1. The lowest BCUT2D eigenvalue weighted by atomic mass is 9.49. The molecule has 31 heavy (non-hydrogen) atoms. The third-order valence-corrected chi connectivity index (χ3v) is 9.32. The Labute approximate surface area is 180 Å². The predicted octanol–water partition coefficient (Wildman–Crippen LogP) is 3.21. The van der Waals surface area contributed by atoms with Crippen LogP contribution in [0.3, 0.4) is 0 Å². The van der Waals surface area contributed by atoms with Crippen LogP contribution in [0, 0.1) is 0 Å². The van der Waals surface area contributed by atoms with E-state index in [-0.39, 0.29) is 17.9 Å². The van der Waals surface area contributed by atoms with E-state index in [0.717, 1.165) is 44.3 Å². The average Bonchev–Trinajstić information content (AvgIpc) is 3.27. The van der Waals surface area contributed by atoms with Gasteiger partial charge in [-0.05, 0) is 62.0 Å². The van der Waals surface area contributed by atoms with Gasteiger partial charge in [0.1, 0.15) is 0 Å². The second kappa shape index (κ2) is 5.11. The number of nitrogens with zero attached hydrogens (tertiary/aromatic N) is 2. The van der Waals surface area contributed by atoms with Crippen LogP contribution in [0.1, 0.15) is 46.9 Å². The van der Waals surface area contributed by atoms with Gasteiger partial charge >= 0.3 is 0 Å². The van der Waals surface area contributed by atoms with Gasteiger partial charge in [-0.2, -0.15) is 0 Å². The maximum atomic E-state index is 12.6. The molecule has 0 saturated carbocycles. The van der Waals surface area contributed by atoms with Gasteiger partial charge in [-0.3, -0.25) is 0 Å². The van der Waals surface area contributed by atoms with E-state index in [9.17, 15) is 10.2 Å². The van der Waals surface area contributed by atoms with Crippen molar-refractivity contribution < 1.29 is 14.9 Å². The van der Waals surface area contributed by atoms with Crippen LogP contribution in [-0.4, -0.2) is 44.9 Å². The third-order valence-electron chi connectivity index (χ3n) is 9.32. The zero-order valence-electron chi connectivity index (χ0n) is 17.7. The van der Waals surface area contributed by atoms with Crippen LogP contribution < -0.4 is 4.74 Å². The molecule has 1 spiro atoms. The third kappa shape index (κ3) is 1.64. The van der Waals surface area contributed by atoms with Crippen molar-refractivity contribution in [3.63, 3.8) is 0 Å². The van der Waals surface area contributed by atoms with E-state index in [2.05, 4.69) is 40.8 Å². The van der Waals surface area contributed by atoms with Gasteiger partial charge in [0, 0.05) is 30.0 Å². The largest absolute Gasteiger partial charge is 0.504 e. The van der Waals surface area contributed by atoms with E-state index in [4.69, 9.17) is 4.74 Å². The summed E-state index contributed by atoms with van der Waals surface area (Å²) < 4.78 is 9.22. The summed E-state index contributed by atoms with van der Waals surface area (Å²) in [6.07, 6.45) is 4.28. The molecule has 0 radical (unpaired) electrons. The molecular weight excluding hydrogens is 388 g/mol. The highest BCUT2D eigenvalue weighted by molar-refractivity contribution is 5.90. The molecule has 1 aromatic heterocycles. The molecule has 2 aromatic carbocycles. The first-order chi connectivity index (χ1) is 15.0. The SMILES string of the molecule is CN1CCC23c4c5ccc(O)c4OC2c2c(c4cccc6c4n2CCC6)CC3(O)[C@H]1C5. The Morgan fingerprint density at radius 3 is 2.94 bits per heavy atom. The Morgan fingerprint density at radius 2 is 2.03 bits per heavy atom. The first kappa shape index (κ1) is 17.1. The van der Waals surface area contributed by atoms with Gasteiger partial charge in [-0.25, -0.2) is 0 Å². The van der Waals surface area contributed by atoms with Crippen molar-refractivity contribution in [2.45, 2.75) is 61.8 Å². The molecule has 4 heterocycles. The molecule has 5 heteroatoms. The molecule has 3 aromatic rings. The molecule has 3 unspecified atom stereocenters. The summed E-state index contributed by atoms with van der Waals surface area (Å²) in [7, 11) is 2.15. The number of phenols is 1. The van der Waals surface area contributed by atoms with Gasteiger partial charge in [0.2, 0.25) is 0 Å². The molecule has 0 amide bonds. The highest BCUT2D eigenvalue weighted by Crippen LogP contribution is 2.69. The minimum Gasteiger partial charge on any atom is -0.504 e. The number of likely N-dealkylation sites (tertiary alicyclic amines) is 1. The highest BCUT2D eigenvalue weighted by Gasteiger charge is 2.72. The lowest BCUT2D eigenvalue weighted by Gasteiger charge is -2.62. The minimum atomic E-state index is -0.910. The number of hydrogen-bond acceptors (Lipinski definition) is 4. The zero-order valence-corrected chi connectivity index (χ0v) is 17.7. The van der Waals surface area contributed by atoms with Crippen molar-refractivity contribution in [1.29, 1.82) is 0 Å². The molecule has 8 rings (SSSR count). The zero-order chi connectivity index (χ0) is 20.7. The van der Waals surface area contributed by atoms with Crippen molar-refractivity contribution in [1.82, 2.24) is 9.47 Å². The summed E-state index contributed by atoms with van der Waals surface area (Å²) in [6, 6.07) is 10.5. The van der Waals surface area contributed by atoms with Crippen molar-refractivity contribution >= 4 is 10.9 Å². The maximum absolute atomic E-state index is 12.6.